The van der Waals surface area contributed by atoms with E-state index >= 15 is 0 Å². The zero-order valence-corrected chi connectivity index (χ0v) is 14.9. The minimum Gasteiger partial charge on any atom is -0.496 e. The van der Waals surface area contributed by atoms with Crippen molar-refractivity contribution in [3.8, 4) is 5.75 Å². The van der Waals surface area contributed by atoms with Crippen LogP contribution in [0.1, 0.15) is 30.0 Å². The lowest BCUT2D eigenvalue weighted by Gasteiger charge is -2.07. The highest BCUT2D eigenvalue weighted by Gasteiger charge is 2.19. The highest BCUT2D eigenvalue weighted by molar-refractivity contribution is 6.14. The molecule has 0 radical (unpaired) electrons. The van der Waals surface area contributed by atoms with Gasteiger partial charge in [0.25, 0.3) is 5.91 Å². The summed E-state index contributed by atoms with van der Waals surface area (Å²) >= 11 is 0. The van der Waals surface area contributed by atoms with E-state index in [0.717, 1.165) is 28.9 Å². The van der Waals surface area contributed by atoms with Crippen molar-refractivity contribution >= 4 is 17.8 Å². The minimum atomic E-state index is -0.258. The predicted octanol–water partition coefficient (Wildman–Crippen LogP) is 3.90. The smallest absolute Gasteiger partial charge is 0.275 e. The Morgan fingerprint density at radius 3 is 2.77 bits per heavy atom. The van der Waals surface area contributed by atoms with Gasteiger partial charge in [0.1, 0.15) is 23.1 Å². The lowest BCUT2D eigenvalue weighted by molar-refractivity contribution is -0.115. The average molecular weight is 352 g/mol. The number of nitrogens with one attached hydrogen (secondary N) is 1. The Kier molecular flexibility index (Phi) is 5.46. The van der Waals surface area contributed by atoms with E-state index in [1.807, 2.05) is 24.3 Å². The van der Waals surface area contributed by atoms with Crippen LogP contribution in [-0.4, -0.2) is 18.9 Å². The highest BCUT2D eigenvalue weighted by Crippen LogP contribution is 2.22. The lowest BCUT2D eigenvalue weighted by Crippen LogP contribution is -2.24. The molecule has 3 rings (SSSR count). The quantitative estimate of drug-likeness (QED) is 0.802. The van der Waals surface area contributed by atoms with Crippen LogP contribution in [0.5, 0.6) is 5.75 Å². The molecule has 134 valence electrons. The van der Waals surface area contributed by atoms with Crippen LogP contribution in [-0.2, 0) is 17.6 Å². The molecule has 0 saturated carbocycles. The van der Waals surface area contributed by atoms with Gasteiger partial charge in [0.2, 0.25) is 0 Å². The number of hydrogen-bond donors (Lipinski definition) is 1. The van der Waals surface area contributed by atoms with Gasteiger partial charge in [-0.25, -0.2) is 9.38 Å². The van der Waals surface area contributed by atoms with Crippen LogP contribution >= 0.6 is 0 Å². The maximum atomic E-state index is 13.2. The number of carbonyl (C=O) groups is 1. The molecule has 1 amide bonds. The summed E-state index contributed by atoms with van der Waals surface area (Å²) in [6.07, 6.45) is 3.78. The zero-order chi connectivity index (χ0) is 18.5. The number of benzene rings is 2. The fourth-order valence-corrected chi connectivity index (χ4v) is 2.91. The van der Waals surface area contributed by atoms with Gasteiger partial charge in [-0.2, -0.15) is 0 Å². The van der Waals surface area contributed by atoms with E-state index in [0.29, 0.717) is 24.4 Å². The van der Waals surface area contributed by atoms with Crippen molar-refractivity contribution in [2.45, 2.75) is 26.2 Å². The number of amides is 1. The van der Waals surface area contributed by atoms with Crippen molar-refractivity contribution in [1.29, 1.82) is 0 Å². The Labute approximate surface area is 152 Å². The van der Waals surface area contributed by atoms with E-state index in [2.05, 4.69) is 17.2 Å². The molecular weight excluding hydrogens is 331 g/mol. The molecule has 1 aliphatic rings. The number of methoxy groups -OCH3 is 1. The summed E-state index contributed by atoms with van der Waals surface area (Å²) in [7, 11) is 1.65. The van der Waals surface area contributed by atoms with E-state index < -0.39 is 0 Å². The third-order valence-electron chi connectivity index (χ3n) is 4.27. The second-order valence-corrected chi connectivity index (χ2v) is 6.10. The summed E-state index contributed by atoms with van der Waals surface area (Å²) in [6.45, 7) is 2.06. The first-order chi connectivity index (χ1) is 12.6. The van der Waals surface area contributed by atoms with Crippen molar-refractivity contribution < 1.29 is 13.9 Å². The summed E-state index contributed by atoms with van der Waals surface area (Å²) in [4.78, 5) is 16.5. The van der Waals surface area contributed by atoms with Gasteiger partial charge in [0, 0.05) is 6.42 Å². The third kappa shape index (κ3) is 4.17. The first-order valence-corrected chi connectivity index (χ1v) is 8.61. The Hall–Kier alpha value is -2.95. The normalized spacial score (nSPS) is 15.1. The number of ether oxygens (including phenoxy) is 1. The number of aryl methyl sites for hydroxylation is 2. The standard InChI is InChI=1S/C21H21FN2O2/c1-3-16-11-15(7-9-19(16)26-2)13-18-21(25)24-20(23-18)10-8-14-5-4-6-17(22)12-14/h4-7,9,11-13H,3,8,10H2,1-2H3,(H,23,24,25)/b18-13+. The van der Waals surface area contributed by atoms with Gasteiger partial charge >= 0.3 is 0 Å². The zero-order valence-electron chi connectivity index (χ0n) is 14.9. The summed E-state index contributed by atoms with van der Waals surface area (Å²) in [5, 5.41) is 2.78. The van der Waals surface area contributed by atoms with Crippen LogP contribution in [0.15, 0.2) is 53.2 Å². The minimum absolute atomic E-state index is 0.215. The van der Waals surface area contributed by atoms with Gasteiger partial charge in [-0.3, -0.25) is 4.79 Å². The lowest BCUT2D eigenvalue weighted by atomic mass is 10.1. The Morgan fingerprint density at radius 2 is 2.04 bits per heavy atom. The Morgan fingerprint density at radius 1 is 1.19 bits per heavy atom. The molecular formula is C21H21FN2O2. The molecule has 5 heteroatoms. The van der Waals surface area contributed by atoms with Crippen LogP contribution < -0.4 is 10.1 Å². The fourth-order valence-electron chi connectivity index (χ4n) is 2.91. The van der Waals surface area contributed by atoms with Gasteiger partial charge in [-0.1, -0.05) is 25.1 Å². The number of rotatable bonds is 6. The monoisotopic (exact) mass is 352 g/mol. The number of aliphatic imine (C=N–C) groups is 1. The third-order valence-corrected chi connectivity index (χ3v) is 4.27. The molecule has 0 atom stereocenters. The second-order valence-electron chi connectivity index (χ2n) is 6.10. The fraction of sp³-hybridized carbons (Fsp3) is 0.238. The maximum Gasteiger partial charge on any atom is 0.275 e. The predicted molar refractivity (Wildman–Crippen MR) is 101 cm³/mol. The number of carbonyl (C=O) groups excluding carboxylic acids is 1. The van der Waals surface area contributed by atoms with Crippen molar-refractivity contribution in [3.63, 3.8) is 0 Å². The second kappa shape index (κ2) is 7.95. The molecule has 0 aromatic heterocycles. The molecule has 2 aromatic carbocycles. The molecule has 0 saturated heterocycles. The molecule has 0 unspecified atom stereocenters. The molecule has 2 aromatic rings. The molecule has 0 bridgehead atoms. The van der Waals surface area contributed by atoms with Crippen LogP contribution in [0.25, 0.3) is 6.08 Å². The van der Waals surface area contributed by atoms with Gasteiger partial charge in [0.15, 0.2) is 0 Å². The van der Waals surface area contributed by atoms with E-state index in [4.69, 9.17) is 4.74 Å². The summed E-state index contributed by atoms with van der Waals surface area (Å²) in [5.74, 6) is 0.972. The number of halogens is 1. The molecule has 0 spiro atoms. The summed E-state index contributed by atoms with van der Waals surface area (Å²) in [6, 6.07) is 12.3. The molecule has 4 nitrogen and oxygen atoms in total. The van der Waals surface area contributed by atoms with E-state index in [1.165, 1.54) is 12.1 Å². The molecule has 0 fully saturated rings. The van der Waals surface area contributed by atoms with Crippen molar-refractivity contribution in [2.75, 3.05) is 7.11 Å². The number of nitrogens with zero attached hydrogens (tertiary/aromatic N) is 1. The van der Waals surface area contributed by atoms with E-state index in [-0.39, 0.29) is 11.7 Å². The van der Waals surface area contributed by atoms with Gasteiger partial charge < -0.3 is 10.1 Å². The van der Waals surface area contributed by atoms with Crippen LogP contribution in [0, 0.1) is 5.82 Å². The largest absolute Gasteiger partial charge is 0.496 e. The maximum absolute atomic E-state index is 13.2. The van der Waals surface area contributed by atoms with Crippen molar-refractivity contribution in [2.24, 2.45) is 4.99 Å². The van der Waals surface area contributed by atoms with Gasteiger partial charge in [-0.05, 0) is 59.9 Å². The molecule has 0 aliphatic carbocycles. The topological polar surface area (TPSA) is 50.7 Å². The first-order valence-electron chi connectivity index (χ1n) is 8.61. The van der Waals surface area contributed by atoms with Crippen LogP contribution in [0.4, 0.5) is 4.39 Å². The molecule has 26 heavy (non-hydrogen) atoms. The highest BCUT2D eigenvalue weighted by atomic mass is 19.1. The molecule has 1 N–H and O–H groups in total. The van der Waals surface area contributed by atoms with Crippen molar-refractivity contribution in [3.05, 3.63) is 70.7 Å². The molecule has 1 heterocycles. The number of hydrogen-bond acceptors (Lipinski definition) is 3. The summed E-state index contributed by atoms with van der Waals surface area (Å²) in [5.41, 5.74) is 3.24. The van der Waals surface area contributed by atoms with Gasteiger partial charge in [-0.15, -0.1) is 0 Å². The Balaban J connectivity index is 1.74. The Bertz CT molecular complexity index is 887. The van der Waals surface area contributed by atoms with Gasteiger partial charge in [0.05, 0.1) is 7.11 Å². The van der Waals surface area contributed by atoms with Crippen LogP contribution in [0.2, 0.25) is 0 Å². The average Bonchev–Trinajstić information content (AvgIpc) is 2.99. The summed E-state index contributed by atoms with van der Waals surface area (Å²) < 4.78 is 18.6. The SMILES string of the molecule is CCc1cc(/C=C2/N=C(CCc3cccc(F)c3)NC2=O)ccc1OC. The van der Waals surface area contributed by atoms with E-state index in [9.17, 15) is 9.18 Å². The molecule has 1 aliphatic heterocycles. The first kappa shape index (κ1) is 17.9. The van der Waals surface area contributed by atoms with Crippen molar-refractivity contribution in [1.82, 2.24) is 5.32 Å². The van der Waals surface area contributed by atoms with Crippen LogP contribution in [0.3, 0.4) is 0 Å². The van der Waals surface area contributed by atoms with E-state index in [1.54, 1.807) is 19.3 Å². The number of amidine groups is 1.